The first kappa shape index (κ1) is 17.9. The third-order valence-corrected chi connectivity index (χ3v) is 5.13. The van der Waals surface area contributed by atoms with Gasteiger partial charge in [-0.2, -0.15) is 0 Å². The molecule has 9 heteroatoms. The topological polar surface area (TPSA) is 106 Å². The molecule has 0 spiro atoms. The highest BCUT2D eigenvalue weighted by atomic mass is 32.1. The maximum absolute atomic E-state index is 12.2. The number of amides is 1. The molecule has 3 heterocycles. The normalized spacial score (nSPS) is 11.0. The molecule has 136 valence electrons. The summed E-state index contributed by atoms with van der Waals surface area (Å²) in [7, 11) is 0. The van der Waals surface area contributed by atoms with Crippen molar-refractivity contribution >= 4 is 33.9 Å². The van der Waals surface area contributed by atoms with E-state index in [4.69, 9.17) is 0 Å². The maximum atomic E-state index is 12.2. The summed E-state index contributed by atoms with van der Waals surface area (Å²) in [5.74, 6) is -1.42. The van der Waals surface area contributed by atoms with Gasteiger partial charge in [-0.15, -0.1) is 16.4 Å². The zero-order valence-electron chi connectivity index (χ0n) is 14.4. The number of hydrogen-bond donors (Lipinski definition) is 2. The molecule has 0 saturated carbocycles. The van der Waals surface area contributed by atoms with Gasteiger partial charge in [-0.05, 0) is 31.0 Å². The third-order valence-electron chi connectivity index (χ3n) is 4.07. The number of thiophene rings is 1. The van der Waals surface area contributed by atoms with Gasteiger partial charge in [0.25, 0.3) is 0 Å². The Kier molecular flexibility index (Phi) is 4.90. The van der Waals surface area contributed by atoms with Crippen LogP contribution in [0.15, 0.2) is 29.2 Å². The molecule has 0 radical (unpaired) electrons. The molecule has 2 N–H and O–H groups in total. The summed E-state index contributed by atoms with van der Waals surface area (Å²) >= 11 is 1.25. The van der Waals surface area contributed by atoms with Gasteiger partial charge in [-0.3, -0.25) is 9.20 Å². The summed E-state index contributed by atoms with van der Waals surface area (Å²) in [5.41, 5.74) is 1.06. The molecule has 0 atom stereocenters. The smallest absolute Gasteiger partial charge is 0.350 e. The lowest BCUT2D eigenvalue weighted by Crippen LogP contribution is -2.24. The van der Waals surface area contributed by atoms with E-state index in [1.54, 1.807) is 24.4 Å². The molecule has 1 amide bonds. The zero-order chi connectivity index (χ0) is 18.8. The highest BCUT2D eigenvalue weighted by Crippen LogP contribution is 2.33. The SMILES string of the molecule is CCc1c(C)sc(NC(=O)CCn2nc3ccccn3c2=O)c1C(=O)O. The molecule has 0 bridgehead atoms. The molecule has 0 fully saturated rings. The number of carbonyl (C=O) groups is 2. The Morgan fingerprint density at radius 1 is 1.35 bits per heavy atom. The maximum Gasteiger partial charge on any atom is 0.350 e. The number of carbonyl (C=O) groups excluding carboxylic acids is 1. The van der Waals surface area contributed by atoms with Crippen LogP contribution in [0.5, 0.6) is 0 Å². The molecule has 0 aliphatic rings. The van der Waals surface area contributed by atoms with Gasteiger partial charge >= 0.3 is 11.7 Å². The van der Waals surface area contributed by atoms with E-state index in [1.807, 2.05) is 13.8 Å². The molecule has 0 aliphatic heterocycles. The standard InChI is InChI=1S/C17H18N4O4S/c1-3-11-10(2)26-15(14(11)16(23)24)18-13(22)7-9-21-17(25)20-8-5-4-6-12(20)19-21/h4-6,8H,3,7,9H2,1-2H3,(H,18,22)(H,23,24). The van der Waals surface area contributed by atoms with Gasteiger partial charge in [0.15, 0.2) is 5.65 Å². The van der Waals surface area contributed by atoms with Crippen LogP contribution in [0, 0.1) is 6.92 Å². The molecular weight excluding hydrogens is 356 g/mol. The van der Waals surface area contributed by atoms with Gasteiger partial charge in [0, 0.05) is 17.5 Å². The minimum atomic E-state index is -1.06. The van der Waals surface area contributed by atoms with Crippen molar-refractivity contribution in [3.05, 3.63) is 50.9 Å². The molecule has 3 aromatic heterocycles. The van der Waals surface area contributed by atoms with E-state index < -0.39 is 5.97 Å². The quantitative estimate of drug-likeness (QED) is 0.688. The molecule has 0 saturated heterocycles. The molecule has 0 aliphatic carbocycles. The monoisotopic (exact) mass is 374 g/mol. The molecule has 26 heavy (non-hydrogen) atoms. The molecule has 0 aromatic carbocycles. The summed E-state index contributed by atoms with van der Waals surface area (Å²) in [6.45, 7) is 3.82. The van der Waals surface area contributed by atoms with Crippen molar-refractivity contribution in [1.29, 1.82) is 0 Å². The largest absolute Gasteiger partial charge is 0.478 e. The summed E-state index contributed by atoms with van der Waals surface area (Å²) in [4.78, 5) is 36.8. The van der Waals surface area contributed by atoms with Crippen LogP contribution in [0.4, 0.5) is 5.00 Å². The van der Waals surface area contributed by atoms with E-state index >= 15 is 0 Å². The Hall–Kier alpha value is -2.94. The predicted octanol–water partition coefficient (Wildman–Crippen LogP) is 2.16. The number of rotatable bonds is 6. The average molecular weight is 374 g/mol. The number of aryl methyl sites for hydroxylation is 2. The number of nitrogens with one attached hydrogen (secondary N) is 1. The minimum absolute atomic E-state index is 0.0151. The second-order valence-electron chi connectivity index (χ2n) is 5.73. The van der Waals surface area contributed by atoms with Crippen LogP contribution in [0.25, 0.3) is 5.65 Å². The summed E-state index contributed by atoms with van der Waals surface area (Å²) in [5, 5.41) is 16.6. The highest BCUT2D eigenvalue weighted by Gasteiger charge is 2.21. The fourth-order valence-electron chi connectivity index (χ4n) is 2.83. The second-order valence-corrected chi connectivity index (χ2v) is 6.96. The molecule has 8 nitrogen and oxygen atoms in total. The second kappa shape index (κ2) is 7.12. The summed E-state index contributed by atoms with van der Waals surface area (Å²) < 4.78 is 2.63. The first-order chi connectivity index (χ1) is 12.4. The third kappa shape index (κ3) is 3.25. The Balaban J connectivity index is 1.74. The van der Waals surface area contributed by atoms with Crippen LogP contribution in [-0.4, -0.2) is 31.2 Å². The van der Waals surface area contributed by atoms with Gasteiger partial charge in [-0.1, -0.05) is 13.0 Å². The lowest BCUT2D eigenvalue weighted by Gasteiger charge is -2.05. The molecule has 3 rings (SSSR count). The van der Waals surface area contributed by atoms with E-state index in [-0.39, 0.29) is 30.1 Å². The number of aromatic carboxylic acids is 1. The van der Waals surface area contributed by atoms with Crippen LogP contribution in [0.2, 0.25) is 0 Å². The fourth-order valence-corrected chi connectivity index (χ4v) is 3.98. The fraction of sp³-hybridized carbons (Fsp3) is 0.294. The van der Waals surface area contributed by atoms with Crippen molar-refractivity contribution in [2.45, 2.75) is 33.2 Å². The minimum Gasteiger partial charge on any atom is -0.478 e. The number of hydrogen-bond acceptors (Lipinski definition) is 5. The van der Waals surface area contributed by atoms with Crippen LogP contribution < -0.4 is 11.0 Å². The van der Waals surface area contributed by atoms with E-state index in [0.717, 1.165) is 10.4 Å². The Morgan fingerprint density at radius 2 is 2.12 bits per heavy atom. The Labute approximate surface area is 152 Å². The first-order valence-corrected chi connectivity index (χ1v) is 8.93. The summed E-state index contributed by atoms with van der Waals surface area (Å²) in [6.07, 6.45) is 2.21. The van der Waals surface area contributed by atoms with Crippen molar-refractivity contribution in [1.82, 2.24) is 14.2 Å². The van der Waals surface area contributed by atoms with Crippen molar-refractivity contribution in [3.63, 3.8) is 0 Å². The number of anilines is 1. The van der Waals surface area contributed by atoms with Crippen molar-refractivity contribution < 1.29 is 14.7 Å². The van der Waals surface area contributed by atoms with Crippen LogP contribution >= 0.6 is 11.3 Å². The van der Waals surface area contributed by atoms with Crippen molar-refractivity contribution in [2.75, 3.05) is 5.32 Å². The molecular formula is C17H18N4O4S. The lowest BCUT2D eigenvalue weighted by atomic mass is 10.1. The van der Waals surface area contributed by atoms with Gasteiger partial charge in [0.2, 0.25) is 5.91 Å². The van der Waals surface area contributed by atoms with Gasteiger partial charge in [-0.25, -0.2) is 14.3 Å². The number of carboxylic acid groups (broad SMARTS) is 1. The number of aromatic nitrogens is 3. The van der Waals surface area contributed by atoms with Gasteiger partial charge in [0.1, 0.15) is 5.00 Å². The number of pyridine rings is 1. The van der Waals surface area contributed by atoms with E-state index in [2.05, 4.69) is 10.4 Å². The van der Waals surface area contributed by atoms with Gasteiger partial charge < -0.3 is 10.4 Å². The lowest BCUT2D eigenvalue weighted by molar-refractivity contribution is -0.116. The van der Waals surface area contributed by atoms with E-state index in [9.17, 15) is 19.5 Å². The average Bonchev–Trinajstić information content (AvgIpc) is 3.10. The number of carboxylic acids is 1. The summed E-state index contributed by atoms with van der Waals surface area (Å²) in [6, 6.07) is 5.21. The van der Waals surface area contributed by atoms with E-state index in [1.165, 1.54) is 20.4 Å². The highest BCUT2D eigenvalue weighted by molar-refractivity contribution is 7.16. The Morgan fingerprint density at radius 3 is 2.77 bits per heavy atom. The Bertz CT molecular complexity index is 1050. The zero-order valence-corrected chi connectivity index (χ0v) is 15.2. The molecule has 0 unspecified atom stereocenters. The number of nitrogens with zero attached hydrogens (tertiary/aromatic N) is 3. The van der Waals surface area contributed by atoms with Crippen LogP contribution in [0.3, 0.4) is 0 Å². The van der Waals surface area contributed by atoms with Crippen molar-refractivity contribution in [3.8, 4) is 0 Å². The van der Waals surface area contributed by atoms with E-state index in [0.29, 0.717) is 17.1 Å². The van der Waals surface area contributed by atoms with Crippen LogP contribution in [0.1, 0.15) is 34.1 Å². The predicted molar refractivity (Wildman–Crippen MR) is 98.1 cm³/mol. The van der Waals surface area contributed by atoms with Gasteiger partial charge in [0.05, 0.1) is 12.1 Å². The first-order valence-electron chi connectivity index (χ1n) is 8.12. The van der Waals surface area contributed by atoms with Crippen LogP contribution in [-0.2, 0) is 17.8 Å². The van der Waals surface area contributed by atoms with Crippen molar-refractivity contribution in [2.24, 2.45) is 0 Å². The molecule has 3 aromatic rings. The number of fused-ring (bicyclic) bond motifs is 1.